The van der Waals surface area contributed by atoms with Crippen LogP contribution in [0.2, 0.25) is 0 Å². The van der Waals surface area contributed by atoms with Gasteiger partial charge < -0.3 is 14.6 Å². The van der Waals surface area contributed by atoms with E-state index in [4.69, 9.17) is 9.31 Å². The predicted molar refractivity (Wildman–Crippen MR) is 77.4 cm³/mol. The minimum atomic E-state index is -0.474. The number of nitrogens with one attached hydrogen (secondary N) is 1. The fourth-order valence-electron chi connectivity index (χ4n) is 2.16. The van der Waals surface area contributed by atoms with E-state index in [0.29, 0.717) is 12.2 Å². The molecule has 0 bridgehead atoms. The SMILES string of the molecule is CNCc1c(B2OC(C)(C)C(C)(C)O2)ccnc1C#N. The molecule has 1 N–H and O–H groups in total. The van der Waals surface area contributed by atoms with Gasteiger partial charge in [-0.15, -0.1) is 0 Å². The molecule has 0 spiro atoms. The molecule has 106 valence electrons. The van der Waals surface area contributed by atoms with Crippen molar-refractivity contribution in [2.24, 2.45) is 0 Å². The molecular formula is C14H20BN3O2. The highest BCUT2D eigenvalue weighted by Crippen LogP contribution is 2.36. The van der Waals surface area contributed by atoms with Crippen LogP contribution in [0.15, 0.2) is 12.3 Å². The maximum Gasteiger partial charge on any atom is 0.495 e. The molecule has 6 heteroatoms. The van der Waals surface area contributed by atoms with Gasteiger partial charge in [-0.1, -0.05) is 0 Å². The van der Waals surface area contributed by atoms with Gasteiger partial charge in [0.2, 0.25) is 0 Å². The third kappa shape index (κ3) is 2.45. The molecule has 1 aromatic heterocycles. The zero-order chi connectivity index (χ0) is 15.0. The van der Waals surface area contributed by atoms with Gasteiger partial charge in [0.25, 0.3) is 0 Å². The zero-order valence-corrected chi connectivity index (χ0v) is 12.7. The standard InChI is InChI=1S/C14H20BN3O2/c1-13(2)14(3,4)20-15(19-13)11-6-7-18-12(8-16)10(11)9-17-5/h6-7,17H,9H2,1-5H3. The Labute approximate surface area is 120 Å². The highest BCUT2D eigenvalue weighted by molar-refractivity contribution is 6.62. The topological polar surface area (TPSA) is 67.2 Å². The lowest BCUT2D eigenvalue weighted by Crippen LogP contribution is -2.41. The molecule has 0 atom stereocenters. The summed E-state index contributed by atoms with van der Waals surface area (Å²) in [7, 11) is 1.36. The van der Waals surface area contributed by atoms with Crippen molar-refractivity contribution >= 4 is 12.6 Å². The summed E-state index contributed by atoms with van der Waals surface area (Å²) in [5.41, 5.74) is 1.31. The van der Waals surface area contributed by atoms with Gasteiger partial charge in [-0.3, -0.25) is 0 Å². The van der Waals surface area contributed by atoms with Crippen LogP contribution in [-0.2, 0) is 15.9 Å². The highest BCUT2D eigenvalue weighted by Gasteiger charge is 2.52. The van der Waals surface area contributed by atoms with Crippen molar-refractivity contribution in [1.29, 1.82) is 5.26 Å². The van der Waals surface area contributed by atoms with E-state index in [1.165, 1.54) is 0 Å². The highest BCUT2D eigenvalue weighted by atomic mass is 16.7. The summed E-state index contributed by atoms with van der Waals surface area (Å²) in [5, 5.41) is 12.3. The van der Waals surface area contributed by atoms with Gasteiger partial charge >= 0.3 is 7.12 Å². The minimum Gasteiger partial charge on any atom is -0.399 e. The third-order valence-corrected chi connectivity index (χ3v) is 4.06. The van der Waals surface area contributed by atoms with Gasteiger partial charge in [0, 0.05) is 18.3 Å². The van der Waals surface area contributed by atoms with E-state index in [2.05, 4.69) is 16.4 Å². The first kappa shape index (κ1) is 15.0. The molecule has 1 aromatic rings. The number of hydrogen-bond acceptors (Lipinski definition) is 5. The minimum absolute atomic E-state index is 0.398. The van der Waals surface area contributed by atoms with E-state index in [1.807, 2.05) is 40.8 Å². The van der Waals surface area contributed by atoms with Crippen LogP contribution in [-0.4, -0.2) is 30.4 Å². The van der Waals surface area contributed by atoms with Gasteiger partial charge in [-0.05, 0) is 46.3 Å². The van der Waals surface area contributed by atoms with Gasteiger partial charge in [0.15, 0.2) is 0 Å². The van der Waals surface area contributed by atoms with Crippen LogP contribution in [0.1, 0.15) is 39.0 Å². The summed E-state index contributed by atoms with van der Waals surface area (Å²) in [4.78, 5) is 4.11. The van der Waals surface area contributed by atoms with Crippen molar-refractivity contribution in [3.63, 3.8) is 0 Å². The molecule has 1 aliphatic rings. The molecule has 1 fully saturated rings. The van der Waals surface area contributed by atoms with E-state index in [9.17, 15) is 5.26 Å². The van der Waals surface area contributed by atoms with Crippen LogP contribution >= 0.6 is 0 Å². The van der Waals surface area contributed by atoms with E-state index in [1.54, 1.807) is 6.20 Å². The van der Waals surface area contributed by atoms with Crippen molar-refractivity contribution in [3.8, 4) is 6.07 Å². The van der Waals surface area contributed by atoms with Crippen LogP contribution in [0.3, 0.4) is 0 Å². The Morgan fingerprint density at radius 1 is 1.30 bits per heavy atom. The van der Waals surface area contributed by atoms with E-state index in [0.717, 1.165) is 11.0 Å². The normalized spacial score (nSPS) is 19.9. The average Bonchev–Trinajstić information content (AvgIpc) is 2.59. The molecule has 1 saturated heterocycles. The number of pyridine rings is 1. The van der Waals surface area contributed by atoms with Gasteiger partial charge in [0.05, 0.1) is 11.2 Å². The molecule has 20 heavy (non-hydrogen) atoms. The summed E-state index contributed by atoms with van der Waals surface area (Å²) >= 11 is 0. The lowest BCUT2D eigenvalue weighted by Gasteiger charge is -2.32. The number of aromatic nitrogens is 1. The first-order chi connectivity index (χ1) is 9.32. The molecule has 1 aliphatic heterocycles. The van der Waals surface area contributed by atoms with Crippen molar-refractivity contribution in [1.82, 2.24) is 10.3 Å². The van der Waals surface area contributed by atoms with Crippen molar-refractivity contribution in [2.45, 2.75) is 45.4 Å². The number of hydrogen-bond donors (Lipinski definition) is 1. The largest absolute Gasteiger partial charge is 0.495 e. The Hall–Kier alpha value is -1.42. The summed E-state index contributed by atoms with van der Waals surface area (Å²) < 4.78 is 12.1. The molecular weight excluding hydrogens is 253 g/mol. The lowest BCUT2D eigenvalue weighted by molar-refractivity contribution is 0.00578. The number of rotatable bonds is 3. The average molecular weight is 273 g/mol. The van der Waals surface area contributed by atoms with Crippen LogP contribution < -0.4 is 10.8 Å². The summed E-state index contributed by atoms with van der Waals surface area (Å²) in [6.07, 6.45) is 1.62. The second-order valence-corrected chi connectivity index (χ2v) is 5.96. The van der Waals surface area contributed by atoms with Crippen molar-refractivity contribution < 1.29 is 9.31 Å². The molecule has 0 saturated carbocycles. The second-order valence-electron chi connectivity index (χ2n) is 5.96. The molecule has 0 aromatic carbocycles. The summed E-state index contributed by atoms with van der Waals surface area (Å²) in [6.45, 7) is 8.60. The van der Waals surface area contributed by atoms with E-state index in [-0.39, 0.29) is 0 Å². The Kier molecular flexibility index (Phi) is 3.87. The maximum absolute atomic E-state index is 9.20. The first-order valence-corrected chi connectivity index (χ1v) is 6.70. The monoisotopic (exact) mass is 273 g/mol. The van der Waals surface area contributed by atoms with Crippen LogP contribution in [0.4, 0.5) is 0 Å². The second kappa shape index (κ2) is 5.17. The maximum atomic E-state index is 9.20. The Balaban J connectivity index is 2.43. The first-order valence-electron chi connectivity index (χ1n) is 6.70. The van der Waals surface area contributed by atoms with Crippen LogP contribution in [0.5, 0.6) is 0 Å². The van der Waals surface area contributed by atoms with Gasteiger partial charge in [-0.25, -0.2) is 4.98 Å². The zero-order valence-electron chi connectivity index (χ0n) is 12.7. The number of nitriles is 1. The fraction of sp³-hybridized carbons (Fsp3) is 0.571. The molecule has 2 rings (SSSR count). The fourth-order valence-corrected chi connectivity index (χ4v) is 2.16. The van der Waals surface area contributed by atoms with Crippen molar-refractivity contribution in [2.75, 3.05) is 7.05 Å². The van der Waals surface area contributed by atoms with Crippen molar-refractivity contribution in [3.05, 3.63) is 23.5 Å². The molecule has 0 unspecified atom stereocenters. The van der Waals surface area contributed by atoms with E-state index < -0.39 is 18.3 Å². The molecule has 0 amide bonds. The predicted octanol–water partition coefficient (Wildman–Crippen LogP) is 0.972. The Morgan fingerprint density at radius 3 is 2.40 bits per heavy atom. The smallest absolute Gasteiger partial charge is 0.399 e. The van der Waals surface area contributed by atoms with Crippen LogP contribution in [0, 0.1) is 11.3 Å². The third-order valence-electron chi connectivity index (χ3n) is 4.06. The van der Waals surface area contributed by atoms with Gasteiger partial charge in [0.1, 0.15) is 11.8 Å². The quantitative estimate of drug-likeness (QED) is 0.831. The summed E-state index contributed by atoms with van der Waals surface area (Å²) in [5.74, 6) is 0. The summed E-state index contributed by atoms with van der Waals surface area (Å²) in [6, 6.07) is 3.98. The van der Waals surface area contributed by atoms with Crippen LogP contribution in [0.25, 0.3) is 0 Å². The van der Waals surface area contributed by atoms with E-state index >= 15 is 0 Å². The molecule has 5 nitrogen and oxygen atoms in total. The van der Waals surface area contributed by atoms with Gasteiger partial charge in [-0.2, -0.15) is 5.26 Å². The number of nitrogens with zero attached hydrogens (tertiary/aromatic N) is 2. The molecule has 2 heterocycles. The molecule has 0 aliphatic carbocycles. The lowest BCUT2D eigenvalue weighted by atomic mass is 9.76. The Morgan fingerprint density at radius 2 is 1.90 bits per heavy atom. The molecule has 0 radical (unpaired) electrons. The Bertz CT molecular complexity index is 536.